The minimum absolute atomic E-state index is 0.00449. The Morgan fingerprint density at radius 1 is 1.00 bits per heavy atom. The third-order valence-electron chi connectivity index (χ3n) is 6.10. The van der Waals surface area contributed by atoms with Crippen molar-refractivity contribution < 1.29 is 22.3 Å². The van der Waals surface area contributed by atoms with Crippen LogP contribution in [0.15, 0.2) is 0 Å². The summed E-state index contributed by atoms with van der Waals surface area (Å²) in [6.07, 6.45) is 4.15. The van der Waals surface area contributed by atoms with E-state index in [1.54, 1.807) is 0 Å². The van der Waals surface area contributed by atoms with E-state index >= 15 is 0 Å². The van der Waals surface area contributed by atoms with Crippen LogP contribution < -0.4 is 0 Å². The van der Waals surface area contributed by atoms with Gasteiger partial charge in [0.1, 0.15) is 0 Å². The largest absolute Gasteiger partial charge is 0.417 e. The van der Waals surface area contributed by atoms with E-state index in [1.807, 2.05) is 0 Å². The zero-order chi connectivity index (χ0) is 17.6. The monoisotopic (exact) mass is 352 g/mol. The number of unbranched alkanes of at least 4 members (excludes halogenated alkanes) is 2. The van der Waals surface area contributed by atoms with Gasteiger partial charge in [-0.25, -0.2) is 8.78 Å². The van der Waals surface area contributed by atoms with Crippen molar-refractivity contribution in [2.24, 2.45) is 11.8 Å². The van der Waals surface area contributed by atoms with Gasteiger partial charge in [-0.15, -0.1) is 0 Å². The second-order valence-corrected chi connectivity index (χ2v) is 7.80. The Bertz CT molecular complexity index is 358. The van der Waals surface area contributed by atoms with E-state index in [9.17, 15) is 17.6 Å². The molecule has 2 aliphatic carbocycles. The molecule has 0 N–H and O–H groups in total. The lowest BCUT2D eigenvalue weighted by Crippen LogP contribution is -2.50. The molecule has 5 heteroatoms. The zero-order valence-corrected chi connectivity index (χ0v) is 14.8. The fourth-order valence-electron chi connectivity index (χ4n) is 4.72. The number of hydrogen-bond acceptors (Lipinski definition) is 1. The van der Waals surface area contributed by atoms with Crippen LogP contribution in [0.5, 0.6) is 0 Å². The molecule has 24 heavy (non-hydrogen) atoms. The first-order chi connectivity index (χ1) is 11.4. The minimum Gasteiger partial charge on any atom is -0.309 e. The second kappa shape index (κ2) is 8.86. The standard InChI is InChI=1S/C19H32F4O/c1-2-3-5-8-15-9-11-16(12-10-15)18(13-6-4-7-14-18)24-19(22,23)17(20)21/h15-17H,2-14H2,1H3. The molecule has 0 amide bonds. The molecule has 0 aliphatic heterocycles. The van der Waals surface area contributed by atoms with Crippen molar-refractivity contribution in [1.82, 2.24) is 0 Å². The normalized spacial score (nSPS) is 28.2. The average molecular weight is 352 g/mol. The summed E-state index contributed by atoms with van der Waals surface area (Å²) in [5.41, 5.74) is -1.04. The Labute approximate surface area is 143 Å². The smallest absolute Gasteiger partial charge is 0.309 e. The highest BCUT2D eigenvalue weighted by molar-refractivity contribution is 4.94. The van der Waals surface area contributed by atoms with Crippen LogP contribution in [-0.2, 0) is 4.74 Å². The first kappa shape index (κ1) is 20.0. The highest BCUT2D eigenvalue weighted by atomic mass is 19.3. The summed E-state index contributed by atoms with van der Waals surface area (Å²) in [6, 6.07) is 0. The molecule has 0 radical (unpaired) electrons. The highest BCUT2D eigenvalue weighted by Gasteiger charge is 2.53. The second-order valence-electron chi connectivity index (χ2n) is 7.80. The molecule has 142 valence electrons. The third kappa shape index (κ3) is 5.09. The van der Waals surface area contributed by atoms with Crippen LogP contribution in [0.1, 0.15) is 90.4 Å². The van der Waals surface area contributed by atoms with Crippen molar-refractivity contribution in [2.75, 3.05) is 0 Å². The Morgan fingerprint density at radius 3 is 2.17 bits per heavy atom. The van der Waals surface area contributed by atoms with Gasteiger partial charge in [0.05, 0.1) is 5.60 Å². The molecule has 2 aliphatic rings. The quantitative estimate of drug-likeness (QED) is 0.339. The maximum Gasteiger partial charge on any atom is 0.417 e. The molecule has 2 fully saturated rings. The van der Waals surface area contributed by atoms with Crippen molar-refractivity contribution in [2.45, 2.75) is 109 Å². The van der Waals surface area contributed by atoms with Gasteiger partial charge < -0.3 is 4.74 Å². The van der Waals surface area contributed by atoms with Crippen LogP contribution in [0.3, 0.4) is 0 Å². The van der Waals surface area contributed by atoms with Crippen LogP contribution >= 0.6 is 0 Å². The average Bonchev–Trinajstić information content (AvgIpc) is 2.56. The number of hydrogen-bond donors (Lipinski definition) is 0. The Hall–Kier alpha value is -0.320. The topological polar surface area (TPSA) is 9.23 Å². The van der Waals surface area contributed by atoms with Gasteiger partial charge in [-0.2, -0.15) is 8.78 Å². The number of alkyl halides is 4. The molecule has 0 heterocycles. The van der Waals surface area contributed by atoms with Crippen molar-refractivity contribution in [3.63, 3.8) is 0 Å². The predicted molar refractivity (Wildman–Crippen MR) is 87.4 cm³/mol. The van der Waals surface area contributed by atoms with E-state index in [-0.39, 0.29) is 5.92 Å². The Morgan fingerprint density at radius 2 is 1.62 bits per heavy atom. The van der Waals surface area contributed by atoms with Gasteiger partial charge in [0.25, 0.3) is 0 Å². The molecular formula is C19H32F4O. The van der Waals surface area contributed by atoms with Crippen molar-refractivity contribution in [1.29, 1.82) is 0 Å². The van der Waals surface area contributed by atoms with E-state index in [2.05, 4.69) is 6.92 Å². The van der Waals surface area contributed by atoms with Gasteiger partial charge in [0, 0.05) is 0 Å². The van der Waals surface area contributed by atoms with Gasteiger partial charge in [0.2, 0.25) is 0 Å². The van der Waals surface area contributed by atoms with Crippen molar-refractivity contribution in [3.05, 3.63) is 0 Å². The number of rotatable bonds is 8. The molecule has 0 aromatic carbocycles. The van der Waals surface area contributed by atoms with Gasteiger partial charge in [-0.05, 0) is 37.5 Å². The molecule has 2 saturated carbocycles. The third-order valence-corrected chi connectivity index (χ3v) is 6.10. The number of halogens is 4. The first-order valence-electron chi connectivity index (χ1n) is 9.76. The van der Waals surface area contributed by atoms with E-state index in [0.717, 1.165) is 44.9 Å². The van der Waals surface area contributed by atoms with Gasteiger partial charge in [0.15, 0.2) is 0 Å². The molecule has 0 saturated heterocycles. The summed E-state index contributed by atoms with van der Waals surface area (Å²) in [5.74, 6) is 0.675. The van der Waals surface area contributed by atoms with Crippen LogP contribution in [0, 0.1) is 11.8 Å². The summed E-state index contributed by atoms with van der Waals surface area (Å²) in [6.45, 7) is 2.18. The van der Waals surface area contributed by atoms with Crippen LogP contribution in [-0.4, -0.2) is 18.1 Å². The lowest BCUT2D eigenvalue weighted by Gasteiger charge is -2.47. The van der Waals surface area contributed by atoms with Gasteiger partial charge >= 0.3 is 12.5 Å². The molecule has 0 aromatic heterocycles. The van der Waals surface area contributed by atoms with Crippen LogP contribution in [0.2, 0.25) is 0 Å². The maximum atomic E-state index is 13.6. The fourth-order valence-corrected chi connectivity index (χ4v) is 4.72. The summed E-state index contributed by atoms with van der Waals surface area (Å²) < 4.78 is 57.5. The number of ether oxygens (including phenoxy) is 1. The lowest BCUT2D eigenvalue weighted by molar-refractivity contribution is -0.358. The van der Waals surface area contributed by atoms with Gasteiger partial charge in [-0.1, -0.05) is 64.7 Å². The lowest BCUT2D eigenvalue weighted by atomic mass is 9.67. The predicted octanol–water partition coefficient (Wildman–Crippen LogP) is 6.95. The molecular weight excluding hydrogens is 320 g/mol. The maximum absolute atomic E-state index is 13.6. The Balaban J connectivity index is 1.96. The summed E-state index contributed by atoms with van der Waals surface area (Å²) >= 11 is 0. The van der Waals surface area contributed by atoms with Crippen LogP contribution in [0.4, 0.5) is 17.6 Å². The molecule has 0 aromatic rings. The molecule has 0 bridgehead atoms. The molecule has 0 spiro atoms. The van der Waals surface area contributed by atoms with E-state index in [0.29, 0.717) is 18.8 Å². The van der Waals surface area contributed by atoms with Crippen LogP contribution in [0.25, 0.3) is 0 Å². The Kier molecular flexibility index (Phi) is 7.39. The SMILES string of the molecule is CCCCCC1CCC(C2(OC(F)(F)C(F)F)CCCCC2)CC1. The summed E-state index contributed by atoms with van der Waals surface area (Å²) in [5, 5.41) is 0. The van der Waals surface area contributed by atoms with E-state index < -0.39 is 18.1 Å². The van der Waals surface area contributed by atoms with Crippen molar-refractivity contribution >= 4 is 0 Å². The molecule has 0 atom stereocenters. The summed E-state index contributed by atoms with van der Waals surface area (Å²) in [7, 11) is 0. The molecule has 2 rings (SSSR count). The molecule has 1 nitrogen and oxygen atoms in total. The van der Waals surface area contributed by atoms with Gasteiger partial charge in [-0.3, -0.25) is 0 Å². The molecule has 0 unspecified atom stereocenters. The summed E-state index contributed by atoms with van der Waals surface area (Å²) in [4.78, 5) is 0. The fraction of sp³-hybridized carbons (Fsp3) is 1.00. The first-order valence-corrected chi connectivity index (χ1v) is 9.76. The zero-order valence-electron chi connectivity index (χ0n) is 14.8. The van der Waals surface area contributed by atoms with E-state index in [4.69, 9.17) is 4.74 Å². The highest BCUT2D eigenvalue weighted by Crippen LogP contribution is 2.49. The minimum atomic E-state index is -4.32. The van der Waals surface area contributed by atoms with Crippen molar-refractivity contribution in [3.8, 4) is 0 Å². The van der Waals surface area contributed by atoms with E-state index in [1.165, 1.54) is 25.7 Å².